The maximum atomic E-state index is 5.95. The molecule has 1 aliphatic rings. The highest BCUT2D eigenvalue weighted by Gasteiger charge is 2.47. The Morgan fingerprint density at radius 2 is 1.42 bits per heavy atom. The van der Waals surface area contributed by atoms with Crippen LogP contribution in [0.15, 0.2) is 0 Å². The summed E-state index contributed by atoms with van der Waals surface area (Å²) in [5.41, 5.74) is 0.162. The highest BCUT2D eigenvalue weighted by Crippen LogP contribution is 2.21. The molecule has 5 heteroatoms. The van der Waals surface area contributed by atoms with E-state index in [0.717, 1.165) is 0 Å². The Labute approximate surface area is 119 Å². The van der Waals surface area contributed by atoms with Crippen LogP contribution < -0.4 is 5.32 Å². The molecule has 1 unspecified atom stereocenters. The van der Waals surface area contributed by atoms with Crippen LogP contribution in [0.3, 0.4) is 0 Å². The average molecular weight is 289 g/mol. The summed E-state index contributed by atoms with van der Waals surface area (Å²) in [6.45, 7) is 10.1. The largest absolute Gasteiger partial charge is 0.518 e. The lowest BCUT2D eigenvalue weighted by molar-refractivity contribution is 0.0576. The summed E-state index contributed by atoms with van der Waals surface area (Å²) in [5.74, 6) is 0. The van der Waals surface area contributed by atoms with Crippen molar-refractivity contribution in [3.8, 4) is 0 Å². The van der Waals surface area contributed by atoms with E-state index in [1.165, 1.54) is 32.1 Å². The molecule has 1 fully saturated rings. The minimum atomic E-state index is -2.59. The molecule has 0 radical (unpaired) electrons. The van der Waals surface area contributed by atoms with Gasteiger partial charge < -0.3 is 18.6 Å². The maximum absolute atomic E-state index is 5.95. The van der Waals surface area contributed by atoms with E-state index in [2.05, 4.69) is 12.2 Å². The van der Waals surface area contributed by atoms with Crippen molar-refractivity contribution in [3.63, 3.8) is 0 Å². The fourth-order valence-corrected chi connectivity index (χ4v) is 5.48. The van der Waals surface area contributed by atoms with Gasteiger partial charge in [0.15, 0.2) is 0 Å². The highest BCUT2D eigenvalue weighted by molar-refractivity contribution is 6.62. The predicted octanol–water partition coefficient (Wildman–Crippen LogP) is 2.88. The zero-order chi connectivity index (χ0) is 14.1. The maximum Gasteiger partial charge on any atom is 0.518 e. The Morgan fingerprint density at radius 1 is 0.947 bits per heavy atom. The van der Waals surface area contributed by atoms with Crippen molar-refractivity contribution in [1.29, 1.82) is 0 Å². The van der Waals surface area contributed by atoms with Gasteiger partial charge >= 0.3 is 8.80 Å². The van der Waals surface area contributed by atoms with Gasteiger partial charge in [0.1, 0.15) is 0 Å². The minimum absolute atomic E-state index is 0.162. The molecule has 0 amide bonds. The fourth-order valence-electron chi connectivity index (χ4n) is 2.83. The van der Waals surface area contributed by atoms with E-state index < -0.39 is 8.80 Å². The van der Waals surface area contributed by atoms with Crippen molar-refractivity contribution in [2.45, 2.75) is 71.5 Å². The first-order valence-electron chi connectivity index (χ1n) is 7.86. The monoisotopic (exact) mass is 289 g/mol. The van der Waals surface area contributed by atoms with E-state index in [-0.39, 0.29) is 5.67 Å². The van der Waals surface area contributed by atoms with Crippen molar-refractivity contribution in [1.82, 2.24) is 5.32 Å². The SMILES string of the molecule is CCO[Si](OCC)(OCC)C(C)NC1CCCCC1. The molecule has 114 valence electrons. The van der Waals surface area contributed by atoms with Crippen LogP contribution >= 0.6 is 0 Å². The fraction of sp³-hybridized carbons (Fsp3) is 1.00. The van der Waals surface area contributed by atoms with Crippen LogP contribution in [0.4, 0.5) is 0 Å². The Morgan fingerprint density at radius 3 is 1.84 bits per heavy atom. The topological polar surface area (TPSA) is 39.7 Å². The Balaban J connectivity index is 2.64. The second-order valence-corrected chi connectivity index (χ2v) is 8.07. The molecular weight excluding hydrogens is 258 g/mol. The van der Waals surface area contributed by atoms with E-state index in [1.54, 1.807) is 0 Å². The summed E-state index contributed by atoms with van der Waals surface area (Å²) in [7, 11) is -2.59. The van der Waals surface area contributed by atoms with E-state index >= 15 is 0 Å². The molecule has 1 rings (SSSR count). The van der Waals surface area contributed by atoms with Crippen LogP contribution in [0.25, 0.3) is 0 Å². The Hall–Kier alpha value is 0.0569. The normalized spacial score (nSPS) is 19.6. The van der Waals surface area contributed by atoms with Crippen LogP contribution in [-0.4, -0.2) is 40.3 Å². The molecule has 4 nitrogen and oxygen atoms in total. The molecular formula is C14H31NO3Si. The first-order valence-corrected chi connectivity index (χ1v) is 9.66. The molecule has 0 aliphatic heterocycles. The first kappa shape index (κ1) is 17.1. The van der Waals surface area contributed by atoms with Crippen molar-refractivity contribution >= 4 is 8.80 Å². The van der Waals surface area contributed by atoms with Crippen LogP contribution in [-0.2, 0) is 13.3 Å². The van der Waals surface area contributed by atoms with Crippen molar-refractivity contribution < 1.29 is 13.3 Å². The zero-order valence-electron chi connectivity index (χ0n) is 13.0. The Bertz CT molecular complexity index is 218. The van der Waals surface area contributed by atoms with Crippen LogP contribution in [0.1, 0.15) is 59.8 Å². The van der Waals surface area contributed by atoms with Crippen LogP contribution in [0.5, 0.6) is 0 Å². The standard InChI is InChI=1S/C14H31NO3Si/c1-5-16-19(17-6-2,18-7-3)13(4)15-14-11-9-8-10-12-14/h13-15H,5-12H2,1-4H3. The third kappa shape index (κ3) is 5.15. The second kappa shape index (κ2) is 9.08. The number of hydrogen-bond acceptors (Lipinski definition) is 4. The van der Waals surface area contributed by atoms with Gasteiger partial charge in [0.2, 0.25) is 0 Å². The van der Waals surface area contributed by atoms with Gasteiger partial charge in [-0.25, -0.2) is 0 Å². The summed E-state index contributed by atoms with van der Waals surface area (Å²) in [5, 5.41) is 3.70. The minimum Gasteiger partial charge on any atom is -0.373 e. The van der Waals surface area contributed by atoms with E-state index in [1.807, 2.05) is 20.8 Å². The molecule has 1 saturated carbocycles. The molecule has 0 aromatic rings. The van der Waals surface area contributed by atoms with Crippen molar-refractivity contribution in [3.05, 3.63) is 0 Å². The molecule has 0 bridgehead atoms. The van der Waals surface area contributed by atoms with Crippen molar-refractivity contribution in [2.24, 2.45) is 0 Å². The summed E-state index contributed by atoms with van der Waals surface area (Å²) < 4.78 is 17.8. The van der Waals surface area contributed by atoms with Gasteiger partial charge in [0, 0.05) is 25.9 Å². The van der Waals surface area contributed by atoms with Gasteiger partial charge in [0.25, 0.3) is 0 Å². The van der Waals surface area contributed by atoms with Gasteiger partial charge in [-0.15, -0.1) is 0 Å². The molecule has 0 spiro atoms. The first-order chi connectivity index (χ1) is 9.18. The van der Waals surface area contributed by atoms with Crippen LogP contribution in [0.2, 0.25) is 0 Å². The van der Waals surface area contributed by atoms with Gasteiger partial charge in [-0.05, 0) is 40.5 Å². The third-order valence-corrected chi connectivity index (χ3v) is 6.96. The lowest BCUT2D eigenvalue weighted by atomic mass is 9.96. The van der Waals surface area contributed by atoms with E-state index in [4.69, 9.17) is 13.3 Å². The molecule has 0 heterocycles. The quantitative estimate of drug-likeness (QED) is 0.663. The number of nitrogens with one attached hydrogen (secondary N) is 1. The van der Waals surface area contributed by atoms with Gasteiger partial charge in [-0.3, -0.25) is 0 Å². The predicted molar refractivity (Wildman–Crippen MR) is 80.1 cm³/mol. The zero-order valence-corrected chi connectivity index (χ0v) is 14.0. The average Bonchev–Trinajstić information content (AvgIpc) is 2.40. The molecule has 1 N–H and O–H groups in total. The van der Waals surface area contributed by atoms with E-state index in [9.17, 15) is 0 Å². The third-order valence-electron chi connectivity index (χ3n) is 3.66. The smallest absolute Gasteiger partial charge is 0.373 e. The van der Waals surface area contributed by atoms with Crippen LogP contribution in [0, 0.1) is 0 Å². The number of hydrogen-bond donors (Lipinski definition) is 1. The molecule has 0 aromatic carbocycles. The molecule has 0 aromatic heterocycles. The second-order valence-electron chi connectivity index (χ2n) is 5.13. The van der Waals surface area contributed by atoms with E-state index in [0.29, 0.717) is 25.9 Å². The molecule has 0 saturated heterocycles. The highest BCUT2D eigenvalue weighted by atomic mass is 28.4. The molecule has 19 heavy (non-hydrogen) atoms. The van der Waals surface area contributed by atoms with Gasteiger partial charge in [-0.2, -0.15) is 0 Å². The summed E-state index contributed by atoms with van der Waals surface area (Å²) in [6.07, 6.45) is 6.56. The Kier molecular flexibility index (Phi) is 8.17. The molecule has 1 aliphatic carbocycles. The number of rotatable bonds is 9. The summed E-state index contributed by atoms with van der Waals surface area (Å²) in [4.78, 5) is 0. The summed E-state index contributed by atoms with van der Waals surface area (Å²) >= 11 is 0. The lowest BCUT2D eigenvalue weighted by Crippen LogP contribution is -2.62. The van der Waals surface area contributed by atoms with Gasteiger partial charge in [0.05, 0.1) is 5.67 Å². The van der Waals surface area contributed by atoms with Crippen molar-refractivity contribution in [2.75, 3.05) is 19.8 Å². The van der Waals surface area contributed by atoms with Gasteiger partial charge in [-0.1, -0.05) is 19.3 Å². The summed E-state index contributed by atoms with van der Waals surface area (Å²) in [6, 6.07) is 0.594. The lowest BCUT2D eigenvalue weighted by Gasteiger charge is -2.36. The molecule has 1 atom stereocenters.